The van der Waals surface area contributed by atoms with Crippen LogP contribution in [-0.2, 0) is 20.8 Å². The molecule has 1 aromatic heterocycles. The van der Waals surface area contributed by atoms with Gasteiger partial charge in [-0.1, -0.05) is 66.2 Å². The smallest absolute Gasteiger partial charge is 0.267 e. The summed E-state index contributed by atoms with van der Waals surface area (Å²) in [5.74, 6) is 0.452. The Balaban J connectivity index is 1.36. The highest BCUT2D eigenvalue weighted by Crippen LogP contribution is 2.26. The van der Waals surface area contributed by atoms with Gasteiger partial charge in [0.05, 0.1) is 0 Å². The van der Waals surface area contributed by atoms with E-state index in [0.29, 0.717) is 18.2 Å². The Morgan fingerprint density at radius 1 is 1.23 bits per heavy atom. The van der Waals surface area contributed by atoms with Gasteiger partial charge in [0.2, 0.25) is 0 Å². The first kappa shape index (κ1) is 21.3. The average Bonchev–Trinajstić information content (AvgIpc) is 3.17. The fourth-order valence-corrected chi connectivity index (χ4v) is 3.66. The summed E-state index contributed by atoms with van der Waals surface area (Å²) in [4.78, 5) is 25.1. The molecule has 1 unspecified atom stereocenters. The van der Waals surface area contributed by atoms with E-state index in [1.54, 1.807) is 6.08 Å². The molecule has 1 aliphatic heterocycles. The Bertz CT molecular complexity index is 1040. The summed E-state index contributed by atoms with van der Waals surface area (Å²) in [5.41, 5.74) is 6.09. The number of imidazole rings is 1. The number of hydrogen-bond acceptors (Lipinski definition) is 4. The summed E-state index contributed by atoms with van der Waals surface area (Å²) in [6, 6.07) is 17.7. The van der Waals surface area contributed by atoms with Crippen LogP contribution in [0.2, 0.25) is 5.15 Å². The number of carbonyl (C=O) groups is 1. The van der Waals surface area contributed by atoms with Crippen LogP contribution in [0.25, 0.3) is 17.3 Å². The van der Waals surface area contributed by atoms with Crippen molar-refractivity contribution in [2.24, 2.45) is 0 Å². The summed E-state index contributed by atoms with van der Waals surface area (Å²) in [6.07, 6.45) is 6.28. The highest BCUT2D eigenvalue weighted by atomic mass is 35.5. The zero-order chi connectivity index (χ0) is 21.5. The van der Waals surface area contributed by atoms with E-state index >= 15 is 0 Å². The van der Waals surface area contributed by atoms with Gasteiger partial charge in [-0.15, -0.1) is 0 Å². The van der Waals surface area contributed by atoms with Crippen LogP contribution in [0.4, 0.5) is 0 Å². The van der Waals surface area contributed by atoms with Crippen molar-refractivity contribution in [1.82, 2.24) is 15.4 Å². The Hall–Kier alpha value is -2.93. The Morgan fingerprint density at radius 2 is 2.10 bits per heavy atom. The number of halogens is 1. The first-order valence-electron chi connectivity index (χ1n) is 10.3. The molecule has 2 N–H and O–H groups in total. The maximum Gasteiger partial charge on any atom is 0.267 e. The minimum atomic E-state index is -0.365. The number of H-pyrrole nitrogens is 1. The fourth-order valence-electron chi connectivity index (χ4n) is 3.40. The van der Waals surface area contributed by atoms with Gasteiger partial charge in [0.25, 0.3) is 5.91 Å². The van der Waals surface area contributed by atoms with Gasteiger partial charge in [0.1, 0.15) is 16.7 Å². The SMILES string of the molecule is O=C(C=Cc1cccc(Cc2nc(-c3ccccc3)c(Cl)[nH]2)c1)NOC1CCCCO1. The van der Waals surface area contributed by atoms with Crippen molar-refractivity contribution in [1.29, 1.82) is 0 Å². The molecule has 6 nitrogen and oxygen atoms in total. The molecule has 31 heavy (non-hydrogen) atoms. The van der Waals surface area contributed by atoms with Crippen LogP contribution in [0.3, 0.4) is 0 Å². The molecule has 1 saturated heterocycles. The van der Waals surface area contributed by atoms with Crippen molar-refractivity contribution >= 4 is 23.6 Å². The number of rotatable bonds is 7. The van der Waals surface area contributed by atoms with Crippen molar-refractivity contribution < 1.29 is 14.4 Å². The summed E-state index contributed by atoms with van der Waals surface area (Å²) >= 11 is 6.35. The van der Waals surface area contributed by atoms with E-state index < -0.39 is 0 Å². The van der Waals surface area contributed by atoms with Gasteiger partial charge in [0.15, 0.2) is 6.29 Å². The van der Waals surface area contributed by atoms with Crippen molar-refractivity contribution in [2.45, 2.75) is 32.0 Å². The van der Waals surface area contributed by atoms with Gasteiger partial charge in [0, 0.05) is 31.1 Å². The van der Waals surface area contributed by atoms with Crippen molar-refractivity contribution in [2.75, 3.05) is 6.61 Å². The van der Waals surface area contributed by atoms with Crippen LogP contribution in [-0.4, -0.2) is 28.8 Å². The topological polar surface area (TPSA) is 76.2 Å². The van der Waals surface area contributed by atoms with Gasteiger partial charge < -0.3 is 9.72 Å². The third kappa shape index (κ3) is 6.04. The minimum absolute atomic E-state index is 0.329. The molecule has 7 heteroatoms. The van der Waals surface area contributed by atoms with E-state index in [0.717, 1.165) is 47.5 Å². The Morgan fingerprint density at radius 3 is 2.90 bits per heavy atom. The molecule has 160 valence electrons. The van der Waals surface area contributed by atoms with Crippen LogP contribution in [0.5, 0.6) is 0 Å². The number of hydrogen-bond donors (Lipinski definition) is 2. The van der Waals surface area contributed by atoms with E-state index in [1.165, 1.54) is 6.08 Å². The molecule has 2 aromatic carbocycles. The highest BCUT2D eigenvalue weighted by Gasteiger charge is 2.15. The lowest BCUT2D eigenvalue weighted by Gasteiger charge is -2.21. The zero-order valence-electron chi connectivity index (χ0n) is 17.0. The van der Waals surface area contributed by atoms with Crippen molar-refractivity contribution in [3.63, 3.8) is 0 Å². The molecule has 1 amide bonds. The quantitative estimate of drug-likeness (QED) is 0.407. The third-order valence-electron chi connectivity index (χ3n) is 4.93. The predicted octanol–water partition coefficient (Wildman–Crippen LogP) is 4.91. The Labute approximate surface area is 186 Å². The maximum absolute atomic E-state index is 12.0. The number of nitrogens with zero attached hydrogens (tertiary/aromatic N) is 1. The number of aromatic amines is 1. The summed E-state index contributed by atoms with van der Waals surface area (Å²) in [7, 11) is 0. The molecular formula is C24H24ClN3O3. The second kappa shape index (κ2) is 10.4. The lowest BCUT2D eigenvalue weighted by Crippen LogP contribution is -2.32. The number of aromatic nitrogens is 2. The van der Waals surface area contributed by atoms with Crippen LogP contribution >= 0.6 is 11.6 Å². The highest BCUT2D eigenvalue weighted by molar-refractivity contribution is 6.31. The molecule has 0 aliphatic carbocycles. The molecule has 1 atom stereocenters. The zero-order valence-corrected chi connectivity index (χ0v) is 17.8. The van der Waals surface area contributed by atoms with Gasteiger partial charge in [-0.05, 0) is 30.0 Å². The van der Waals surface area contributed by atoms with Crippen molar-refractivity contribution in [3.05, 3.63) is 82.8 Å². The number of ether oxygens (including phenoxy) is 1. The summed E-state index contributed by atoms with van der Waals surface area (Å²) in [6.45, 7) is 0.664. The summed E-state index contributed by atoms with van der Waals surface area (Å²) < 4.78 is 5.42. The molecule has 2 heterocycles. The number of benzene rings is 2. The van der Waals surface area contributed by atoms with Gasteiger partial charge >= 0.3 is 0 Å². The summed E-state index contributed by atoms with van der Waals surface area (Å²) in [5, 5.41) is 0.524. The second-order valence-corrected chi connectivity index (χ2v) is 7.73. The van der Waals surface area contributed by atoms with Crippen LogP contribution in [0.15, 0.2) is 60.7 Å². The standard InChI is InChI=1S/C24H24ClN3O3/c25-24-23(19-9-2-1-3-10-19)26-20(27-24)16-18-8-6-7-17(15-18)12-13-21(29)28-31-22-11-4-5-14-30-22/h1-3,6-10,12-13,15,22H,4-5,11,14,16H2,(H,26,27)(H,28,29). The van der Waals surface area contributed by atoms with E-state index in [1.807, 2.05) is 54.6 Å². The molecule has 3 aromatic rings. The molecule has 0 radical (unpaired) electrons. The molecular weight excluding hydrogens is 414 g/mol. The first-order valence-corrected chi connectivity index (χ1v) is 10.7. The number of carbonyl (C=O) groups excluding carboxylic acids is 1. The number of amides is 1. The first-order chi connectivity index (χ1) is 15.2. The largest absolute Gasteiger partial charge is 0.350 e. The van der Waals surface area contributed by atoms with E-state index in [9.17, 15) is 4.79 Å². The van der Waals surface area contributed by atoms with Crippen molar-refractivity contribution in [3.8, 4) is 11.3 Å². The lowest BCUT2D eigenvalue weighted by molar-refractivity contribution is -0.198. The monoisotopic (exact) mass is 437 g/mol. The Kier molecular flexibility index (Phi) is 7.14. The fraction of sp³-hybridized carbons (Fsp3) is 0.250. The molecule has 0 saturated carbocycles. The number of hydroxylamine groups is 1. The molecule has 1 aliphatic rings. The molecule has 4 rings (SSSR count). The predicted molar refractivity (Wildman–Crippen MR) is 120 cm³/mol. The number of nitrogens with one attached hydrogen (secondary N) is 2. The molecule has 0 bridgehead atoms. The van der Waals surface area contributed by atoms with Crippen LogP contribution < -0.4 is 5.48 Å². The van der Waals surface area contributed by atoms with E-state index in [2.05, 4.69) is 15.4 Å². The van der Waals surface area contributed by atoms with E-state index in [-0.39, 0.29) is 12.2 Å². The van der Waals surface area contributed by atoms with Crippen LogP contribution in [0, 0.1) is 0 Å². The maximum atomic E-state index is 12.0. The average molecular weight is 438 g/mol. The van der Waals surface area contributed by atoms with Gasteiger partial charge in [-0.3, -0.25) is 4.79 Å². The van der Waals surface area contributed by atoms with E-state index in [4.69, 9.17) is 21.2 Å². The second-order valence-electron chi connectivity index (χ2n) is 7.35. The third-order valence-corrected chi connectivity index (χ3v) is 5.21. The lowest BCUT2D eigenvalue weighted by atomic mass is 10.1. The van der Waals surface area contributed by atoms with Crippen LogP contribution in [0.1, 0.15) is 36.2 Å². The minimum Gasteiger partial charge on any atom is -0.350 e. The van der Waals surface area contributed by atoms with Gasteiger partial charge in [-0.2, -0.15) is 0 Å². The molecule has 0 spiro atoms. The molecule has 1 fully saturated rings. The van der Waals surface area contributed by atoms with Gasteiger partial charge in [-0.25, -0.2) is 15.3 Å². The normalized spacial score (nSPS) is 16.5.